The molecule has 56 heavy (non-hydrogen) atoms. The largest absolute Gasteiger partial charge is 0.398 e. The maximum absolute atomic E-state index is 14.1. The molecular formula is C44H68N8O2S2+2. The minimum atomic E-state index is -0.147. The molecule has 3 aromatic carbocycles. The minimum absolute atomic E-state index is 0.0599. The highest BCUT2D eigenvalue weighted by Crippen LogP contribution is 2.37. The molecule has 3 aromatic rings. The third-order valence-corrected chi connectivity index (χ3v) is 11.7. The molecular weight excluding hydrogens is 737 g/mol. The Balaban J connectivity index is 1.88. The van der Waals surface area contributed by atoms with E-state index in [2.05, 4.69) is 64.3 Å². The lowest BCUT2D eigenvalue weighted by atomic mass is 9.85. The van der Waals surface area contributed by atoms with E-state index < -0.39 is 0 Å². The van der Waals surface area contributed by atoms with Crippen LogP contribution in [0, 0.1) is 0 Å². The molecule has 10 nitrogen and oxygen atoms in total. The van der Waals surface area contributed by atoms with Crippen LogP contribution in [0.3, 0.4) is 0 Å². The molecule has 0 radical (unpaired) electrons. The summed E-state index contributed by atoms with van der Waals surface area (Å²) < 4.78 is 4.09. The van der Waals surface area contributed by atoms with Crippen molar-refractivity contribution < 1.29 is 18.7 Å². The molecule has 0 atom stereocenters. The van der Waals surface area contributed by atoms with Crippen molar-refractivity contribution >= 4 is 58.4 Å². The van der Waals surface area contributed by atoms with Crippen molar-refractivity contribution in [1.29, 1.82) is 0 Å². The lowest BCUT2D eigenvalue weighted by molar-refractivity contribution is -0.472. The molecule has 0 aliphatic carbocycles. The van der Waals surface area contributed by atoms with Gasteiger partial charge in [-0.3, -0.25) is 39.2 Å². The van der Waals surface area contributed by atoms with Crippen molar-refractivity contribution in [2.24, 2.45) is 0 Å². The molecule has 0 amide bonds. The molecule has 0 spiro atoms. The Morgan fingerprint density at radius 2 is 0.982 bits per heavy atom. The van der Waals surface area contributed by atoms with Gasteiger partial charge in [-0.25, -0.2) is 0 Å². The number of rotatable bonds is 14. The highest BCUT2D eigenvalue weighted by atomic mass is 32.2. The summed E-state index contributed by atoms with van der Waals surface area (Å²) in [5.74, 6) is 3.43. The molecule has 0 aliphatic rings. The van der Waals surface area contributed by atoms with Crippen LogP contribution < -0.4 is 22.1 Å². The van der Waals surface area contributed by atoms with Crippen LogP contribution in [0.2, 0.25) is 0 Å². The van der Waals surface area contributed by atoms with Crippen LogP contribution in [0.1, 0.15) is 84.5 Å². The van der Waals surface area contributed by atoms with Crippen molar-refractivity contribution in [2.75, 3.05) is 92.4 Å². The number of nitrogens with zero attached hydrogens (tertiary/aromatic N) is 4. The molecule has 0 aliphatic heterocycles. The fourth-order valence-corrected chi connectivity index (χ4v) is 8.29. The Labute approximate surface area is 345 Å². The summed E-state index contributed by atoms with van der Waals surface area (Å²) >= 11 is 3.31. The Kier molecular flexibility index (Phi) is 16.4. The first-order valence-corrected chi connectivity index (χ1v) is 21.2. The second kappa shape index (κ2) is 19.8. The lowest BCUT2D eigenvalue weighted by Crippen LogP contribution is -2.42. The fourth-order valence-electron chi connectivity index (χ4n) is 6.39. The third-order valence-electron chi connectivity index (χ3n) is 9.29. The second-order valence-electron chi connectivity index (χ2n) is 17.2. The van der Waals surface area contributed by atoms with E-state index in [1.54, 1.807) is 47.8 Å². The second-order valence-corrected chi connectivity index (χ2v) is 19.4. The van der Waals surface area contributed by atoms with E-state index in [0.717, 1.165) is 68.6 Å². The van der Waals surface area contributed by atoms with Gasteiger partial charge in [-0.1, -0.05) is 71.9 Å². The topological polar surface area (TPSA) is 123 Å². The number of Topliss-reactive ketones (excluding diaryl/α,β-unsaturated/α-hetero) is 2. The van der Waals surface area contributed by atoms with Crippen LogP contribution in [0.15, 0.2) is 58.3 Å². The number of anilines is 2. The van der Waals surface area contributed by atoms with Gasteiger partial charge in [0.05, 0.1) is 69.5 Å². The van der Waals surface area contributed by atoms with Crippen LogP contribution in [-0.2, 0) is 23.7 Å². The average Bonchev–Trinajstić information content (AvgIpc) is 3.08. The van der Waals surface area contributed by atoms with Crippen molar-refractivity contribution in [1.82, 2.24) is 20.4 Å². The summed E-state index contributed by atoms with van der Waals surface area (Å²) in [4.78, 5) is 34.0. The molecule has 0 heterocycles. The molecule has 0 aromatic heterocycles. The Morgan fingerprint density at radius 1 is 0.625 bits per heavy atom. The zero-order valence-electron chi connectivity index (χ0n) is 36.4. The van der Waals surface area contributed by atoms with Gasteiger partial charge < -0.3 is 11.5 Å². The van der Waals surface area contributed by atoms with Crippen LogP contribution in [0.25, 0.3) is 0 Å². The molecule has 0 bridgehead atoms. The molecule has 0 saturated heterocycles. The monoisotopic (exact) mass is 804 g/mol. The number of hydrogen-bond acceptors (Lipinski definition) is 6. The SMILES string of the molecule is CN(C)C(NCCSc1c(N)cc(C(C)(C)C)cc1CC(=O)c1cccc(C(=O)Cc2cc(C(C)(C)C)cc(N)c2SCCNC(N(C)C)=[N+](C)C)c1)=[N+](C)C. The predicted molar refractivity (Wildman–Crippen MR) is 241 cm³/mol. The quantitative estimate of drug-likeness (QED) is 0.0292. The van der Waals surface area contributed by atoms with Crippen LogP contribution in [0.5, 0.6) is 0 Å². The van der Waals surface area contributed by atoms with Gasteiger partial charge in [-0.2, -0.15) is 0 Å². The van der Waals surface area contributed by atoms with Crippen molar-refractivity contribution in [3.8, 4) is 0 Å². The average molecular weight is 805 g/mol. The molecule has 0 fully saturated rings. The summed E-state index contributed by atoms with van der Waals surface area (Å²) in [6, 6.07) is 15.5. The molecule has 12 heteroatoms. The van der Waals surface area contributed by atoms with Gasteiger partial charge in [0.2, 0.25) is 0 Å². The van der Waals surface area contributed by atoms with Crippen molar-refractivity contribution in [2.45, 2.75) is 75.0 Å². The third kappa shape index (κ3) is 12.9. The Morgan fingerprint density at radius 3 is 1.29 bits per heavy atom. The number of ketones is 2. The normalized spacial score (nSPS) is 11.5. The first-order valence-electron chi connectivity index (χ1n) is 19.2. The van der Waals surface area contributed by atoms with E-state index in [0.29, 0.717) is 22.5 Å². The Hall–Kier alpha value is -4.16. The molecule has 306 valence electrons. The van der Waals surface area contributed by atoms with Crippen LogP contribution in [0.4, 0.5) is 11.4 Å². The van der Waals surface area contributed by atoms with Crippen molar-refractivity contribution in [3.63, 3.8) is 0 Å². The highest BCUT2D eigenvalue weighted by Gasteiger charge is 2.23. The number of nitrogens with two attached hydrogens (primary N) is 2. The van der Waals surface area contributed by atoms with Gasteiger partial charge in [0.1, 0.15) is 0 Å². The van der Waals surface area contributed by atoms with Crippen molar-refractivity contribution in [3.05, 3.63) is 81.9 Å². The van der Waals surface area contributed by atoms with E-state index in [9.17, 15) is 9.59 Å². The van der Waals surface area contributed by atoms with E-state index >= 15 is 0 Å². The standard InChI is InChI=1S/C44H66N8O2S2/c1-43(2,3)33-23-31(39(35(45)27-33)55-20-18-47-41(49(7)8)50(9)10)25-37(53)29-16-15-17-30(22-29)38(54)26-32-24-34(44(4,5)6)28-36(46)40(32)56-21-19-48-42(51(11)12)52(13)14/h15-17,22-24,27-28H,18-21,25-26,45-46H2,1-14H3/p+2. The molecule has 0 saturated carbocycles. The molecule has 6 N–H and O–H groups in total. The maximum Gasteiger partial charge on any atom is 0.347 e. The molecule has 0 unspecified atom stereocenters. The number of guanidine groups is 2. The number of thioether (sulfide) groups is 2. The number of nitrogens with one attached hydrogen (secondary N) is 2. The minimum Gasteiger partial charge on any atom is -0.398 e. The van der Waals surface area contributed by atoms with Gasteiger partial charge in [0.25, 0.3) is 0 Å². The summed E-state index contributed by atoms with van der Waals surface area (Å²) in [7, 11) is 16.1. The summed E-state index contributed by atoms with van der Waals surface area (Å²) in [6.07, 6.45) is 0.349. The summed E-state index contributed by atoms with van der Waals surface area (Å²) in [6.45, 7) is 14.3. The number of hydrogen-bond donors (Lipinski definition) is 4. The summed E-state index contributed by atoms with van der Waals surface area (Å²) in [5.41, 5.74) is 19.4. The van der Waals surface area contributed by atoms with E-state index in [-0.39, 0.29) is 35.2 Å². The van der Waals surface area contributed by atoms with Gasteiger partial charge in [-0.15, -0.1) is 23.5 Å². The zero-order valence-corrected chi connectivity index (χ0v) is 38.1. The fraction of sp³-hybridized carbons (Fsp3) is 0.500. The molecule has 3 rings (SSSR count). The number of nitrogen functional groups attached to an aromatic ring is 2. The number of carbonyl (C=O) groups is 2. The maximum atomic E-state index is 14.1. The number of carbonyl (C=O) groups excluding carboxylic acids is 2. The first kappa shape index (κ1) is 46.2. The van der Waals surface area contributed by atoms with Crippen LogP contribution in [-0.4, -0.2) is 123 Å². The Bertz CT molecular complexity index is 1800. The highest BCUT2D eigenvalue weighted by molar-refractivity contribution is 7.99. The van der Waals surface area contributed by atoms with Gasteiger partial charge >= 0.3 is 11.9 Å². The first-order chi connectivity index (χ1) is 26.0. The van der Waals surface area contributed by atoms with Gasteiger partial charge in [0.15, 0.2) is 11.6 Å². The zero-order chi connectivity index (χ0) is 42.1. The van der Waals surface area contributed by atoms with Crippen LogP contribution >= 0.6 is 23.5 Å². The predicted octanol–water partition coefficient (Wildman–Crippen LogP) is 6.04. The smallest absolute Gasteiger partial charge is 0.347 e. The number of benzene rings is 3. The van der Waals surface area contributed by atoms with Gasteiger partial charge in [-0.05, 0) is 51.3 Å². The van der Waals surface area contributed by atoms with E-state index in [1.165, 1.54) is 0 Å². The van der Waals surface area contributed by atoms with E-state index in [1.807, 2.05) is 87.5 Å². The summed E-state index contributed by atoms with van der Waals surface area (Å²) in [5, 5.41) is 7.00. The van der Waals surface area contributed by atoms with Gasteiger partial charge in [0, 0.05) is 56.6 Å². The lowest BCUT2D eigenvalue weighted by Gasteiger charge is -2.23. The van der Waals surface area contributed by atoms with E-state index in [4.69, 9.17) is 11.5 Å².